The number of likely N-dealkylation sites (tertiary alicyclic amines) is 1. The van der Waals surface area contributed by atoms with E-state index < -0.39 is 24.0 Å². The van der Waals surface area contributed by atoms with Crippen LogP contribution in [-0.2, 0) is 14.3 Å². The zero-order valence-corrected chi connectivity index (χ0v) is 19.2. The highest BCUT2D eigenvalue weighted by Crippen LogP contribution is 2.44. The zero-order chi connectivity index (χ0) is 23.7. The van der Waals surface area contributed by atoms with Crippen molar-refractivity contribution in [3.8, 4) is 11.1 Å². The Hall–Kier alpha value is -3.35. The smallest absolute Gasteiger partial charge is 0.407 e. The number of nitrogens with one attached hydrogen (secondary N) is 1. The van der Waals surface area contributed by atoms with Crippen LogP contribution >= 0.6 is 0 Å². The number of nitrogens with zero attached hydrogens (tertiary/aromatic N) is 1. The molecule has 7 heteroatoms. The summed E-state index contributed by atoms with van der Waals surface area (Å²) in [4.78, 5) is 38.4. The Morgan fingerprint density at radius 2 is 1.55 bits per heavy atom. The Morgan fingerprint density at radius 1 is 1.00 bits per heavy atom. The second-order valence-corrected chi connectivity index (χ2v) is 9.32. The van der Waals surface area contributed by atoms with Crippen molar-refractivity contribution < 1.29 is 24.2 Å². The van der Waals surface area contributed by atoms with E-state index >= 15 is 0 Å². The van der Waals surface area contributed by atoms with Crippen LogP contribution in [0.25, 0.3) is 11.1 Å². The number of carbonyl (C=O) groups is 3. The number of benzene rings is 2. The minimum absolute atomic E-state index is 0.0509. The molecule has 2 unspecified atom stereocenters. The van der Waals surface area contributed by atoms with Gasteiger partial charge in [0.2, 0.25) is 5.91 Å². The number of aliphatic carboxylic acids is 1. The van der Waals surface area contributed by atoms with Gasteiger partial charge >= 0.3 is 12.1 Å². The van der Waals surface area contributed by atoms with Crippen molar-refractivity contribution in [1.29, 1.82) is 0 Å². The van der Waals surface area contributed by atoms with Gasteiger partial charge in [0.1, 0.15) is 12.6 Å². The Bertz CT molecular complexity index is 1010. The van der Waals surface area contributed by atoms with E-state index in [0.29, 0.717) is 13.1 Å². The Balaban J connectivity index is 1.37. The first-order valence-electron chi connectivity index (χ1n) is 11.4. The number of amides is 2. The van der Waals surface area contributed by atoms with E-state index in [1.165, 1.54) is 0 Å². The molecule has 33 heavy (non-hydrogen) atoms. The number of fused-ring (bicyclic) bond motifs is 3. The molecule has 0 spiro atoms. The third-order valence-electron chi connectivity index (χ3n) is 6.87. The lowest BCUT2D eigenvalue weighted by molar-refractivity contribution is -0.151. The maximum Gasteiger partial charge on any atom is 0.407 e. The van der Waals surface area contributed by atoms with Gasteiger partial charge in [-0.2, -0.15) is 0 Å². The van der Waals surface area contributed by atoms with Crippen LogP contribution in [0.5, 0.6) is 0 Å². The second kappa shape index (κ2) is 9.25. The molecule has 1 fully saturated rings. The van der Waals surface area contributed by atoms with Crippen LogP contribution in [0.2, 0.25) is 0 Å². The van der Waals surface area contributed by atoms with Crippen molar-refractivity contribution in [3.63, 3.8) is 0 Å². The minimum Gasteiger partial charge on any atom is -0.481 e. The number of alkyl carbamates (subject to hydrolysis) is 1. The Morgan fingerprint density at radius 3 is 2.06 bits per heavy atom. The molecule has 2 N–H and O–H groups in total. The highest BCUT2D eigenvalue weighted by molar-refractivity contribution is 5.87. The van der Waals surface area contributed by atoms with Gasteiger partial charge in [-0.15, -0.1) is 0 Å². The van der Waals surface area contributed by atoms with Crippen molar-refractivity contribution in [2.45, 2.75) is 32.7 Å². The highest BCUT2D eigenvalue weighted by Gasteiger charge is 2.40. The molecule has 2 atom stereocenters. The van der Waals surface area contributed by atoms with E-state index in [-0.39, 0.29) is 30.3 Å². The first-order valence-corrected chi connectivity index (χ1v) is 11.4. The lowest BCUT2D eigenvalue weighted by atomic mass is 9.86. The number of carboxylic acids is 1. The second-order valence-electron chi connectivity index (χ2n) is 9.32. The molecule has 2 aromatic rings. The van der Waals surface area contributed by atoms with Crippen molar-refractivity contribution in [3.05, 3.63) is 59.7 Å². The zero-order valence-electron chi connectivity index (χ0n) is 19.2. The SMILES string of the molecule is CC(C)C(NC(=O)OCC1c2ccccc2-c2ccccc21)C(=O)N1CC(C(C)C(=O)O)C1. The van der Waals surface area contributed by atoms with Gasteiger partial charge in [-0.25, -0.2) is 4.79 Å². The third kappa shape index (κ3) is 4.45. The molecule has 0 saturated carbocycles. The number of hydrogen-bond acceptors (Lipinski definition) is 4. The molecule has 1 saturated heterocycles. The predicted molar refractivity (Wildman–Crippen MR) is 124 cm³/mol. The molecule has 4 rings (SSSR count). The number of carboxylic acid groups (broad SMARTS) is 1. The fourth-order valence-electron chi connectivity index (χ4n) is 4.69. The van der Waals surface area contributed by atoms with Crippen molar-refractivity contribution >= 4 is 18.0 Å². The van der Waals surface area contributed by atoms with E-state index in [4.69, 9.17) is 9.84 Å². The molecule has 0 radical (unpaired) electrons. The summed E-state index contributed by atoms with van der Waals surface area (Å²) in [6.07, 6.45) is -0.625. The predicted octanol–water partition coefficient (Wildman–Crippen LogP) is 3.73. The lowest BCUT2D eigenvalue weighted by Crippen LogP contribution is -2.60. The summed E-state index contributed by atoms with van der Waals surface area (Å²) in [7, 11) is 0. The Kier molecular flexibility index (Phi) is 6.40. The van der Waals surface area contributed by atoms with Crippen LogP contribution in [0.1, 0.15) is 37.8 Å². The first-order chi connectivity index (χ1) is 15.8. The van der Waals surface area contributed by atoms with Gasteiger partial charge in [0.15, 0.2) is 0 Å². The fraction of sp³-hybridized carbons (Fsp3) is 0.423. The molecule has 2 aromatic carbocycles. The van der Waals surface area contributed by atoms with Crippen LogP contribution in [-0.4, -0.2) is 53.7 Å². The maximum atomic E-state index is 12.9. The topological polar surface area (TPSA) is 95.9 Å². The maximum absolute atomic E-state index is 12.9. The van der Waals surface area contributed by atoms with Crippen molar-refractivity contribution in [2.75, 3.05) is 19.7 Å². The van der Waals surface area contributed by atoms with Crippen molar-refractivity contribution in [2.24, 2.45) is 17.8 Å². The number of rotatable bonds is 7. The van der Waals surface area contributed by atoms with Gasteiger partial charge in [0.05, 0.1) is 5.92 Å². The number of ether oxygens (including phenoxy) is 1. The molecule has 0 aromatic heterocycles. The largest absolute Gasteiger partial charge is 0.481 e. The molecular formula is C26H30N2O5. The molecule has 1 heterocycles. The van der Waals surface area contributed by atoms with E-state index in [1.807, 2.05) is 38.1 Å². The first kappa shape index (κ1) is 22.8. The molecule has 2 amide bonds. The number of hydrogen-bond donors (Lipinski definition) is 2. The molecule has 174 valence electrons. The van der Waals surface area contributed by atoms with Crippen LogP contribution < -0.4 is 5.32 Å². The normalized spacial score (nSPS) is 17.0. The summed E-state index contributed by atoms with van der Waals surface area (Å²) in [6.45, 7) is 6.35. The lowest BCUT2D eigenvalue weighted by Gasteiger charge is -2.43. The minimum atomic E-state index is -0.857. The van der Waals surface area contributed by atoms with Gasteiger partial charge in [0, 0.05) is 24.9 Å². The summed E-state index contributed by atoms with van der Waals surface area (Å²) >= 11 is 0. The van der Waals surface area contributed by atoms with Crippen molar-refractivity contribution in [1.82, 2.24) is 10.2 Å². The fourth-order valence-corrected chi connectivity index (χ4v) is 4.69. The van der Waals surface area contributed by atoms with E-state index in [0.717, 1.165) is 22.3 Å². The van der Waals surface area contributed by atoms with Gasteiger partial charge in [0.25, 0.3) is 0 Å². The molecule has 7 nitrogen and oxygen atoms in total. The summed E-state index contributed by atoms with van der Waals surface area (Å²) in [6, 6.07) is 15.5. The molecule has 1 aliphatic heterocycles. The quantitative estimate of drug-likeness (QED) is 0.670. The summed E-state index contributed by atoms with van der Waals surface area (Å²) in [5, 5.41) is 11.9. The summed E-state index contributed by atoms with van der Waals surface area (Å²) in [5.41, 5.74) is 4.56. The van der Waals surface area contributed by atoms with E-state index in [9.17, 15) is 14.4 Å². The highest BCUT2D eigenvalue weighted by atomic mass is 16.5. The summed E-state index contributed by atoms with van der Waals surface area (Å²) < 4.78 is 5.59. The van der Waals surface area contributed by atoms with Gasteiger partial charge in [-0.1, -0.05) is 69.3 Å². The van der Waals surface area contributed by atoms with Gasteiger partial charge in [-0.05, 0) is 28.2 Å². The van der Waals surface area contributed by atoms with Crippen LogP contribution in [0.4, 0.5) is 4.79 Å². The Labute approximate surface area is 193 Å². The average molecular weight is 451 g/mol. The van der Waals surface area contributed by atoms with Gasteiger partial charge < -0.3 is 20.1 Å². The van der Waals surface area contributed by atoms with Crippen LogP contribution in [0, 0.1) is 17.8 Å². The molecule has 1 aliphatic carbocycles. The third-order valence-corrected chi connectivity index (χ3v) is 6.87. The van der Waals surface area contributed by atoms with Crippen LogP contribution in [0.3, 0.4) is 0 Å². The molecular weight excluding hydrogens is 420 g/mol. The number of carbonyl (C=O) groups excluding carboxylic acids is 2. The average Bonchev–Trinajstić information content (AvgIpc) is 3.08. The molecule has 2 aliphatic rings. The van der Waals surface area contributed by atoms with E-state index in [2.05, 4.69) is 29.6 Å². The molecule has 0 bridgehead atoms. The van der Waals surface area contributed by atoms with Gasteiger partial charge in [-0.3, -0.25) is 9.59 Å². The van der Waals surface area contributed by atoms with E-state index in [1.54, 1.807) is 11.8 Å². The standard InChI is InChI=1S/C26H30N2O5/c1-15(2)23(24(29)28-12-17(13-28)16(3)25(30)31)27-26(32)33-14-22-20-10-6-4-8-18(20)19-9-5-7-11-21(19)22/h4-11,15-17,22-23H,12-14H2,1-3H3,(H,27,32)(H,30,31). The van der Waals surface area contributed by atoms with Crippen LogP contribution in [0.15, 0.2) is 48.5 Å². The monoisotopic (exact) mass is 450 g/mol. The summed E-state index contributed by atoms with van der Waals surface area (Å²) in [5.74, 6) is -1.80.